The van der Waals surface area contributed by atoms with Crippen LogP contribution in [0.3, 0.4) is 0 Å². The Labute approximate surface area is 103 Å². The van der Waals surface area contributed by atoms with Crippen molar-refractivity contribution in [1.82, 2.24) is 0 Å². The van der Waals surface area contributed by atoms with E-state index < -0.39 is 40.4 Å². The van der Waals surface area contributed by atoms with Gasteiger partial charge in [0, 0.05) is 11.1 Å². The third kappa shape index (κ3) is 3.12. The molecule has 0 bridgehead atoms. The predicted molar refractivity (Wildman–Crippen MR) is 51.8 cm³/mol. The smallest absolute Gasteiger partial charge is 0.298 e. The Morgan fingerprint density at radius 2 is 1.58 bits per heavy atom. The number of halogens is 6. The fourth-order valence-corrected chi connectivity index (χ4v) is 1.47. The monoisotopic (exact) mass is 284 g/mol. The molecule has 0 spiro atoms. The molecule has 19 heavy (non-hydrogen) atoms. The van der Waals surface area contributed by atoms with Crippen LogP contribution in [-0.4, -0.2) is 12.1 Å². The van der Waals surface area contributed by atoms with Crippen molar-refractivity contribution >= 4 is 12.1 Å². The molecule has 0 unspecified atom stereocenters. The van der Waals surface area contributed by atoms with Gasteiger partial charge in [-0.2, -0.15) is 26.3 Å². The highest BCUT2D eigenvalue weighted by atomic mass is 19.4. The molecular weight excluding hydrogens is 278 g/mol. The average Bonchev–Trinajstić information content (AvgIpc) is 2.24. The highest BCUT2D eigenvalue weighted by Crippen LogP contribution is 2.38. The molecule has 0 aromatic heterocycles. The van der Waals surface area contributed by atoms with Crippen LogP contribution in [0.4, 0.5) is 26.3 Å². The Morgan fingerprint density at radius 1 is 1.05 bits per heavy atom. The molecular formula is C11H6F6O2. The lowest BCUT2D eigenvalue weighted by Crippen LogP contribution is -2.17. The van der Waals surface area contributed by atoms with Gasteiger partial charge in [0.15, 0.2) is 12.1 Å². The highest BCUT2D eigenvalue weighted by Gasteiger charge is 2.39. The number of benzene rings is 1. The van der Waals surface area contributed by atoms with Crippen molar-refractivity contribution in [3.8, 4) is 0 Å². The molecule has 0 heterocycles. The van der Waals surface area contributed by atoms with Crippen LogP contribution in [0.5, 0.6) is 0 Å². The van der Waals surface area contributed by atoms with Crippen LogP contribution >= 0.6 is 0 Å². The van der Waals surface area contributed by atoms with E-state index in [0.29, 0.717) is 0 Å². The SMILES string of the molecule is CC(=O)c1cc(C(F)(F)F)cc(C(F)(F)F)c1C=O. The van der Waals surface area contributed by atoms with Crippen molar-refractivity contribution in [3.63, 3.8) is 0 Å². The van der Waals surface area contributed by atoms with Crippen LogP contribution in [0.2, 0.25) is 0 Å². The molecule has 1 aromatic rings. The number of aldehydes is 1. The van der Waals surface area contributed by atoms with Gasteiger partial charge in [-0.1, -0.05) is 0 Å². The van der Waals surface area contributed by atoms with Gasteiger partial charge < -0.3 is 0 Å². The first kappa shape index (κ1) is 15.2. The average molecular weight is 284 g/mol. The fourth-order valence-electron chi connectivity index (χ4n) is 1.47. The summed E-state index contributed by atoms with van der Waals surface area (Å²) in [5, 5.41) is 0. The zero-order chi connectivity index (χ0) is 15.0. The highest BCUT2D eigenvalue weighted by molar-refractivity contribution is 6.02. The molecule has 0 N–H and O–H groups in total. The Kier molecular flexibility index (Phi) is 3.74. The maximum absolute atomic E-state index is 12.6. The molecule has 104 valence electrons. The van der Waals surface area contributed by atoms with Crippen molar-refractivity contribution in [3.05, 3.63) is 34.4 Å². The minimum atomic E-state index is -5.16. The molecule has 0 aliphatic heterocycles. The Bertz CT molecular complexity index is 527. The zero-order valence-corrected chi connectivity index (χ0v) is 9.32. The summed E-state index contributed by atoms with van der Waals surface area (Å²) in [6.45, 7) is 0.780. The van der Waals surface area contributed by atoms with Gasteiger partial charge in [-0.05, 0) is 19.1 Å². The van der Waals surface area contributed by atoms with Gasteiger partial charge in [-0.3, -0.25) is 9.59 Å². The predicted octanol–water partition coefficient (Wildman–Crippen LogP) is 3.74. The molecule has 0 amide bonds. The summed E-state index contributed by atoms with van der Waals surface area (Å²) >= 11 is 0. The first-order valence-electron chi connectivity index (χ1n) is 4.77. The van der Waals surface area contributed by atoms with Gasteiger partial charge in [0.25, 0.3) is 0 Å². The zero-order valence-electron chi connectivity index (χ0n) is 9.32. The first-order valence-corrected chi connectivity index (χ1v) is 4.77. The molecule has 0 atom stereocenters. The van der Waals surface area contributed by atoms with Crippen LogP contribution < -0.4 is 0 Å². The van der Waals surface area contributed by atoms with E-state index in [-0.39, 0.29) is 18.4 Å². The van der Waals surface area contributed by atoms with Crippen LogP contribution in [0.25, 0.3) is 0 Å². The van der Waals surface area contributed by atoms with E-state index in [0.717, 1.165) is 6.92 Å². The van der Waals surface area contributed by atoms with Crippen molar-refractivity contribution in [2.45, 2.75) is 19.3 Å². The first-order chi connectivity index (χ1) is 8.48. The lowest BCUT2D eigenvalue weighted by Gasteiger charge is -2.15. The van der Waals surface area contributed by atoms with Gasteiger partial charge in [0.1, 0.15) is 0 Å². The van der Waals surface area contributed by atoms with Gasteiger partial charge in [0.2, 0.25) is 0 Å². The van der Waals surface area contributed by atoms with Crippen molar-refractivity contribution in [1.29, 1.82) is 0 Å². The van der Waals surface area contributed by atoms with Crippen LogP contribution in [0.1, 0.15) is 38.8 Å². The molecule has 0 saturated heterocycles. The maximum atomic E-state index is 12.6. The van der Waals surface area contributed by atoms with E-state index in [2.05, 4.69) is 0 Å². The van der Waals surface area contributed by atoms with Gasteiger partial charge in [-0.25, -0.2) is 0 Å². The number of carbonyl (C=O) groups excluding carboxylic acids is 2. The number of hydrogen-bond donors (Lipinski definition) is 0. The molecule has 8 heteroatoms. The third-order valence-electron chi connectivity index (χ3n) is 2.31. The molecule has 0 aliphatic carbocycles. The van der Waals surface area contributed by atoms with Crippen LogP contribution in [0, 0.1) is 0 Å². The number of alkyl halides is 6. The van der Waals surface area contributed by atoms with E-state index in [1.807, 2.05) is 0 Å². The summed E-state index contributed by atoms with van der Waals surface area (Å²) in [5.74, 6) is -1.06. The molecule has 1 aromatic carbocycles. The lowest BCUT2D eigenvalue weighted by molar-refractivity contribution is -0.143. The normalized spacial score (nSPS) is 12.4. The van der Waals surface area contributed by atoms with E-state index in [9.17, 15) is 35.9 Å². The number of ketones is 1. The minimum Gasteiger partial charge on any atom is -0.298 e. The molecule has 0 radical (unpaired) electrons. The van der Waals surface area contributed by atoms with Crippen molar-refractivity contribution in [2.75, 3.05) is 0 Å². The molecule has 2 nitrogen and oxygen atoms in total. The number of hydrogen-bond acceptors (Lipinski definition) is 2. The van der Waals surface area contributed by atoms with Gasteiger partial charge in [0.05, 0.1) is 11.1 Å². The summed E-state index contributed by atoms with van der Waals surface area (Å²) in [4.78, 5) is 21.7. The summed E-state index contributed by atoms with van der Waals surface area (Å²) in [6, 6.07) is 0.0531. The van der Waals surface area contributed by atoms with Gasteiger partial charge >= 0.3 is 12.4 Å². The molecule has 0 saturated carbocycles. The fraction of sp³-hybridized carbons (Fsp3) is 0.273. The van der Waals surface area contributed by atoms with E-state index >= 15 is 0 Å². The summed E-state index contributed by atoms with van der Waals surface area (Å²) < 4.78 is 75.2. The van der Waals surface area contributed by atoms with Crippen molar-refractivity contribution in [2.24, 2.45) is 0 Å². The second-order valence-electron chi connectivity index (χ2n) is 3.65. The van der Waals surface area contributed by atoms with Crippen molar-refractivity contribution < 1.29 is 35.9 Å². The Balaban J connectivity index is 3.75. The van der Waals surface area contributed by atoms with E-state index in [1.54, 1.807) is 0 Å². The maximum Gasteiger partial charge on any atom is 0.417 e. The largest absolute Gasteiger partial charge is 0.417 e. The number of Topliss-reactive ketones (excluding diaryl/α,β-unsaturated/α-hetero) is 1. The standard InChI is InChI=1S/C11H6F6O2/c1-5(19)7-2-6(10(12,13)14)3-9(8(7)4-18)11(15,16)17/h2-4H,1H3. The topological polar surface area (TPSA) is 34.1 Å². The summed E-state index contributed by atoms with van der Waals surface area (Å²) in [6.07, 6.45) is -10.5. The Morgan fingerprint density at radius 3 is 1.89 bits per heavy atom. The second-order valence-corrected chi connectivity index (χ2v) is 3.65. The number of rotatable bonds is 2. The van der Waals surface area contributed by atoms with Gasteiger partial charge in [-0.15, -0.1) is 0 Å². The summed E-state index contributed by atoms with van der Waals surface area (Å²) in [5.41, 5.74) is -5.40. The molecule has 0 fully saturated rings. The van der Waals surface area contributed by atoms with E-state index in [4.69, 9.17) is 0 Å². The Hall–Kier alpha value is -1.86. The second kappa shape index (κ2) is 4.67. The third-order valence-corrected chi connectivity index (χ3v) is 2.31. The van der Waals surface area contributed by atoms with Crippen LogP contribution in [0.15, 0.2) is 12.1 Å². The van der Waals surface area contributed by atoms with E-state index in [1.165, 1.54) is 0 Å². The number of carbonyl (C=O) groups is 2. The van der Waals surface area contributed by atoms with Crippen LogP contribution in [-0.2, 0) is 12.4 Å². The lowest BCUT2D eigenvalue weighted by atomic mass is 9.95. The minimum absolute atomic E-state index is 0.184. The molecule has 1 rings (SSSR count). The summed E-state index contributed by atoms with van der Waals surface area (Å²) in [7, 11) is 0. The quantitative estimate of drug-likeness (QED) is 0.471. The molecule has 0 aliphatic rings.